The normalized spacial score (nSPS) is 10.6. The van der Waals surface area contributed by atoms with Crippen LogP contribution in [0, 0.1) is 13.8 Å². The van der Waals surface area contributed by atoms with Gasteiger partial charge in [0.2, 0.25) is 0 Å². The first-order valence-corrected chi connectivity index (χ1v) is 6.15. The second kappa shape index (κ2) is 4.81. The van der Waals surface area contributed by atoms with E-state index < -0.39 is 0 Å². The smallest absolute Gasteiger partial charge is 0.151 e. The van der Waals surface area contributed by atoms with Crippen molar-refractivity contribution in [3.63, 3.8) is 0 Å². The number of hydrogen-bond donors (Lipinski definition) is 1. The van der Waals surface area contributed by atoms with Gasteiger partial charge < -0.3 is 10.5 Å². The van der Waals surface area contributed by atoms with Gasteiger partial charge in [0.25, 0.3) is 0 Å². The van der Waals surface area contributed by atoms with Crippen LogP contribution in [0.4, 0.5) is 0 Å². The fourth-order valence-corrected chi connectivity index (χ4v) is 2.56. The van der Waals surface area contributed by atoms with E-state index in [1.54, 1.807) is 7.11 Å². The molecule has 0 saturated carbocycles. The number of methoxy groups -OCH3 is 1. The predicted molar refractivity (Wildman–Crippen MR) is 69.3 cm³/mol. The lowest BCUT2D eigenvalue weighted by Crippen LogP contribution is -1.94. The molecule has 0 atom stereocenters. The molecule has 0 unspecified atom stereocenters. The summed E-state index contributed by atoms with van der Waals surface area (Å²) in [7, 11) is 1.67. The monoisotopic (exact) mass is 249 g/mol. The second-order valence-electron chi connectivity index (χ2n) is 3.87. The Morgan fingerprint density at radius 3 is 2.65 bits per heavy atom. The summed E-state index contributed by atoms with van der Waals surface area (Å²) in [4.78, 5) is 0. The summed E-state index contributed by atoms with van der Waals surface area (Å²) in [5.41, 5.74) is 8.82. The first-order chi connectivity index (χ1) is 8.15. The van der Waals surface area contributed by atoms with Gasteiger partial charge >= 0.3 is 0 Å². The van der Waals surface area contributed by atoms with Gasteiger partial charge in [-0.2, -0.15) is 0 Å². The first kappa shape index (κ1) is 12.0. The summed E-state index contributed by atoms with van der Waals surface area (Å²) in [5, 5.41) is 9.88. The fourth-order valence-electron chi connectivity index (χ4n) is 1.83. The molecular weight excluding hydrogens is 234 g/mol. The van der Waals surface area contributed by atoms with Crippen molar-refractivity contribution in [3.05, 3.63) is 28.3 Å². The molecule has 0 aliphatic rings. The van der Waals surface area contributed by atoms with Crippen LogP contribution < -0.4 is 10.5 Å². The number of hydrogen-bond acceptors (Lipinski definition) is 5. The van der Waals surface area contributed by atoms with Crippen LogP contribution >= 0.6 is 11.3 Å². The van der Waals surface area contributed by atoms with E-state index in [-0.39, 0.29) is 0 Å². The maximum Gasteiger partial charge on any atom is 0.151 e. The van der Waals surface area contributed by atoms with Crippen LogP contribution in [-0.4, -0.2) is 17.3 Å². The standard InChI is InChI=1S/C12H15N3OS/c1-7-4-8(2)11(16-3)9(5-7)12-15-14-10(6-13)17-12/h4-5H,6,13H2,1-3H3. The minimum atomic E-state index is 0.421. The van der Waals surface area contributed by atoms with Crippen molar-refractivity contribution in [2.45, 2.75) is 20.4 Å². The van der Waals surface area contributed by atoms with Crippen molar-refractivity contribution >= 4 is 11.3 Å². The third-order valence-corrected chi connectivity index (χ3v) is 3.47. The topological polar surface area (TPSA) is 61.0 Å². The van der Waals surface area contributed by atoms with E-state index in [1.807, 2.05) is 6.92 Å². The van der Waals surface area contributed by atoms with Crippen molar-refractivity contribution in [1.29, 1.82) is 0 Å². The summed E-state index contributed by atoms with van der Waals surface area (Å²) >= 11 is 1.51. The molecule has 0 saturated heterocycles. The van der Waals surface area contributed by atoms with E-state index >= 15 is 0 Å². The molecule has 2 N–H and O–H groups in total. The Hall–Kier alpha value is -1.46. The molecule has 2 aromatic rings. The zero-order valence-corrected chi connectivity index (χ0v) is 11.0. The van der Waals surface area contributed by atoms with E-state index in [2.05, 4.69) is 29.3 Å². The van der Waals surface area contributed by atoms with Crippen LogP contribution in [0.15, 0.2) is 12.1 Å². The summed E-state index contributed by atoms with van der Waals surface area (Å²) in [5.74, 6) is 0.857. The first-order valence-electron chi connectivity index (χ1n) is 5.33. The van der Waals surface area contributed by atoms with Gasteiger partial charge in [0.1, 0.15) is 10.8 Å². The minimum absolute atomic E-state index is 0.421. The summed E-state index contributed by atoms with van der Waals surface area (Å²) in [6.45, 7) is 4.51. The third kappa shape index (κ3) is 2.30. The van der Waals surface area contributed by atoms with E-state index in [0.29, 0.717) is 6.54 Å². The number of nitrogens with two attached hydrogens (primary N) is 1. The molecule has 0 radical (unpaired) electrons. The van der Waals surface area contributed by atoms with Crippen molar-refractivity contribution in [2.75, 3.05) is 7.11 Å². The summed E-state index contributed by atoms with van der Waals surface area (Å²) in [6, 6.07) is 4.15. The predicted octanol–water partition coefficient (Wildman–Crippen LogP) is 2.29. The molecule has 1 heterocycles. The van der Waals surface area contributed by atoms with Crippen molar-refractivity contribution in [1.82, 2.24) is 10.2 Å². The highest BCUT2D eigenvalue weighted by atomic mass is 32.1. The van der Waals surface area contributed by atoms with Crippen LogP contribution in [0.3, 0.4) is 0 Å². The van der Waals surface area contributed by atoms with Gasteiger partial charge in [-0.3, -0.25) is 0 Å². The van der Waals surface area contributed by atoms with Crippen molar-refractivity contribution in [3.8, 4) is 16.3 Å². The Labute approximate surface area is 104 Å². The number of nitrogens with zero attached hydrogens (tertiary/aromatic N) is 2. The SMILES string of the molecule is COc1c(C)cc(C)cc1-c1nnc(CN)s1. The van der Waals surface area contributed by atoms with E-state index in [1.165, 1.54) is 16.9 Å². The second-order valence-corrected chi connectivity index (χ2v) is 4.93. The van der Waals surface area contributed by atoms with Gasteiger partial charge in [-0.25, -0.2) is 0 Å². The maximum atomic E-state index is 5.55. The molecule has 0 bridgehead atoms. The zero-order valence-electron chi connectivity index (χ0n) is 10.2. The van der Waals surface area contributed by atoms with Crippen molar-refractivity contribution < 1.29 is 4.74 Å². The van der Waals surface area contributed by atoms with Crippen LogP contribution in [0.5, 0.6) is 5.75 Å². The van der Waals surface area contributed by atoms with Gasteiger partial charge in [0.05, 0.1) is 12.7 Å². The molecule has 1 aromatic carbocycles. The molecule has 5 heteroatoms. The lowest BCUT2D eigenvalue weighted by Gasteiger charge is -2.10. The minimum Gasteiger partial charge on any atom is -0.496 e. The summed E-state index contributed by atoms with van der Waals surface area (Å²) in [6.07, 6.45) is 0. The van der Waals surface area contributed by atoms with Gasteiger partial charge in [0.15, 0.2) is 5.01 Å². The van der Waals surface area contributed by atoms with Gasteiger partial charge in [-0.1, -0.05) is 17.4 Å². The lowest BCUT2D eigenvalue weighted by atomic mass is 10.1. The van der Waals surface area contributed by atoms with E-state index in [9.17, 15) is 0 Å². The molecule has 17 heavy (non-hydrogen) atoms. The van der Waals surface area contributed by atoms with Crippen molar-refractivity contribution in [2.24, 2.45) is 5.73 Å². The number of aromatic nitrogens is 2. The summed E-state index contributed by atoms with van der Waals surface area (Å²) < 4.78 is 5.44. The molecule has 4 nitrogen and oxygen atoms in total. The Bertz CT molecular complexity index is 537. The lowest BCUT2D eigenvalue weighted by molar-refractivity contribution is 0.413. The Kier molecular flexibility index (Phi) is 3.40. The molecule has 0 aliphatic carbocycles. The quantitative estimate of drug-likeness (QED) is 0.906. The molecule has 0 spiro atoms. The number of rotatable bonds is 3. The third-order valence-electron chi connectivity index (χ3n) is 2.49. The van der Waals surface area contributed by atoms with Crippen LogP contribution in [0.25, 0.3) is 10.6 Å². The molecule has 2 rings (SSSR count). The molecule has 0 aliphatic heterocycles. The van der Waals surface area contributed by atoms with Gasteiger partial charge in [0, 0.05) is 6.54 Å². The Morgan fingerprint density at radius 1 is 1.29 bits per heavy atom. The average Bonchev–Trinajstić information content (AvgIpc) is 2.76. The van der Waals surface area contributed by atoms with Crippen LogP contribution in [0.1, 0.15) is 16.1 Å². The number of benzene rings is 1. The van der Waals surface area contributed by atoms with Gasteiger partial charge in [-0.15, -0.1) is 10.2 Å². The Morgan fingerprint density at radius 2 is 2.06 bits per heavy atom. The fraction of sp³-hybridized carbons (Fsp3) is 0.333. The number of aryl methyl sites for hydroxylation is 2. The van der Waals surface area contributed by atoms with Gasteiger partial charge in [-0.05, 0) is 31.0 Å². The van der Waals surface area contributed by atoms with E-state index in [0.717, 1.165) is 26.9 Å². The Balaban J connectivity index is 2.57. The largest absolute Gasteiger partial charge is 0.496 e. The van der Waals surface area contributed by atoms with E-state index in [4.69, 9.17) is 10.5 Å². The molecule has 1 aromatic heterocycles. The maximum absolute atomic E-state index is 5.55. The molecular formula is C12H15N3OS. The molecule has 0 amide bonds. The van der Waals surface area contributed by atoms with Crippen LogP contribution in [-0.2, 0) is 6.54 Å². The highest BCUT2D eigenvalue weighted by Crippen LogP contribution is 2.35. The molecule has 0 fully saturated rings. The molecule has 90 valence electrons. The van der Waals surface area contributed by atoms with Crippen LogP contribution in [0.2, 0.25) is 0 Å². The average molecular weight is 249 g/mol. The zero-order chi connectivity index (χ0) is 12.4. The number of ether oxygens (including phenoxy) is 1. The highest BCUT2D eigenvalue weighted by molar-refractivity contribution is 7.14. The highest BCUT2D eigenvalue weighted by Gasteiger charge is 2.13.